The Labute approximate surface area is 176 Å². The first-order valence-electron chi connectivity index (χ1n) is 7.80. The van der Waals surface area contributed by atoms with Crippen molar-refractivity contribution < 1.29 is 13.2 Å². The zero-order valence-corrected chi connectivity index (χ0v) is 17.1. The fourth-order valence-corrected chi connectivity index (χ4v) is 3.79. The number of halogens is 3. The van der Waals surface area contributed by atoms with Gasteiger partial charge in [-0.2, -0.15) is 8.42 Å². The molecule has 0 fully saturated rings. The third-order valence-electron chi connectivity index (χ3n) is 3.57. The van der Waals surface area contributed by atoms with Gasteiger partial charge in [-0.15, -0.1) is 4.40 Å². The largest absolute Gasteiger partial charge is 0.287 e. The van der Waals surface area contributed by atoms with Crippen molar-refractivity contribution in [2.45, 2.75) is 4.90 Å². The first kappa shape index (κ1) is 20.5. The molecule has 0 N–H and O–H groups in total. The molecule has 2 aromatic carbocycles. The van der Waals surface area contributed by atoms with Crippen molar-refractivity contribution in [3.63, 3.8) is 0 Å². The predicted molar refractivity (Wildman–Crippen MR) is 112 cm³/mol. The van der Waals surface area contributed by atoms with Crippen LogP contribution in [0.15, 0.2) is 91.1 Å². The third-order valence-corrected chi connectivity index (χ3v) is 5.66. The summed E-state index contributed by atoms with van der Waals surface area (Å²) in [6, 6.07) is 14.1. The SMILES string of the molecule is O=C1C(Cl)=CC(=N/C(=N/S(=O)(=O)c2ccc(Cl)cc2)c2ccccc2)C=C1Cl. The molecule has 5 nitrogen and oxygen atoms in total. The second-order valence-electron chi connectivity index (χ2n) is 5.56. The van der Waals surface area contributed by atoms with Gasteiger partial charge in [-0.3, -0.25) is 4.79 Å². The molecule has 2 aromatic rings. The Kier molecular flexibility index (Phi) is 6.15. The zero-order chi connectivity index (χ0) is 20.3. The molecule has 0 unspecified atom stereocenters. The number of carbonyl (C=O) groups is 1. The van der Waals surface area contributed by atoms with E-state index in [4.69, 9.17) is 34.8 Å². The van der Waals surface area contributed by atoms with E-state index in [1.54, 1.807) is 30.3 Å². The van der Waals surface area contributed by atoms with Gasteiger partial charge in [0.15, 0.2) is 5.84 Å². The molecule has 3 rings (SSSR count). The van der Waals surface area contributed by atoms with Crippen LogP contribution in [0.1, 0.15) is 5.56 Å². The number of aliphatic imine (C=N–C) groups is 1. The number of benzene rings is 2. The topological polar surface area (TPSA) is 75.9 Å². The van der Waals surface area contributed by atoms with E-state index in [0.29, 0.717) is 10.6 Å². The Morgan fingerprint density at radius 3 is 1.96 bits per heavy atom. The van der Waals surface area contributed by atoms with Crippen molar-refractivity contribution in [1.82, 2.24) is 0 Å². The van der Waals surface area contributed by atoms with Crippen LogP contribution in [-0.2, 0) is 14.8 Å². The third kappa shape index (κ3) is 4.77. The molecule has 0 spiro atoms. The van der Waals surface area contributed by atoms with Crippen molar-refractivity contribution in [2.24, 2.45) is 9.39 Å². The monoisotopic (exact) mass is 452 g/mol. The zero-order valence-electron chi connectivity index (χ0n) is 14.0. The fourth-order valence-electron chi connectivity index (χ4n) is 2.23. The molecule has 1 aliphatic carbocycles. The average Bonchev–Trinajstić information content (AvgIpc) is 2.66. The number of rotatable bonds is 3. The Morgan fingerprint density at radius 2 is 1.39 bits per heavy atom. The van der Waals surface area contributed by atoms with Crippen molar-refractivity contribution in [2.75, 3.05) is 0 Å². The summed E-state index contributed by atoms with van der Waals surface area (Å²) in [5.74, 6) is -0.615. The van der Waals surface area contributed by atoms with Crippen LogP contribution in [0.3, 0.4) is 0 Å². The van der Waals surface area contributed by atoms with E-state index in [1.165, 1.54) is 36.4 Å². The first-order chi connectivity index (χ1) is 13.3. The van der Waals surface area contributed by atoms with Gasteiger partial charge < -0.3 is 0 Å². The molecule has 0 atom stereocenters. The molecule has 142 valence electrons. The minimum Gasteiger partial charge on any atom is -0.287 e. The smallest absolute Gasteiger partial charge is 0.284 e. The Morgan fingerprint density at radius 1 is 0.821 bits per heavy atom. The van der Waals surface area contributed by atoms with E-state index in [1.807, 2.05) is 0 Å². The summed E-state index contributed by atoms with van der Waals surface area (Å²) >= 11 is 17.5. The molecule has 9 heteroatoms. The summed E-state index contributed by atoms with van der Waals surface area (Å²) in [5.41, 5.74) is 0.655. The summed E-state index contributed by atoms with van der Waals surface area (Å²) < 4.78 is 29.3. The summed E-state index contributed by atoms with van der Waals surface area (Å²) in [6.07, 6.45) is 2.59. The molecule has 0 radical (unpaired) electrons. The van der Waals surface area contributed by atoms with Gasteiger partial charge in [0.2, 0.25) is 5.78 Å². The number of amidine groups is 1. The number of hydrogen-bond acceptors (Lipinski definition) is 3. The number of sulfonamides is 1. The lowest BCUT2D eigenvalue weighted by atomic mass is 10.1. The number of carbonyl (C=O) groups excluding carboxylic acids is 1. The van der Waals surface area contributed by atoms with Crippen LogP contribution < -0.4 is 0 Å². The van der Waals surface area contributed by atoms with Gasteiger partial charge in [-0.1, -0.05) is 65.1 Å². The maximum atomic E-state index is 12.7. The second kappa shape index (κ2) is 8.41. The van der Waals surface area contributed by atoms with Gasteiger partial charge in [-0.05, 0) is 36.4 Å². The highest BCUT2D eigenvalue weighted by atomic mass is 35.5. The van der Waals surface area contributed by atoms with Crippen LogP contribution >= 0.6 is 34.8 Å². The van der Waals surface area contributed by atoms with E-state index in [2.05, 4.69) is 9.39 Å². The van der Waals surface area contributed by atoms with Gasteiger partial charge in [0.25, 0.3) is 10.0 Å². The first-order valence-corrected chi connectivity index (χ1v) is 10.4. The van der Waals surface area contributed by atoms with E-state index >= 15 is 0 Å². The van der Waals surface area contributed by atoms with Crippen LogP contribution in [0.2, 0.25) is 5.02 Å². The van der Waals surface area contributed by atoms with Gasteiger partial charge in [-0.25, -0.2) is 4.99 Å². The summed E-state index contributed by atoms with van der Waals surface area (Å²) in [7, 11) is -4.07. The van der Waals surface area contributed by atoms with Crippen LogP contribution in [0.5, 0.6) is 0 Å². The molecule has 0 amide bonds. The van der Waals surface area contributed by atoms with Crippen molar-refractivity contribution in [3.8, 4) is 0 Å². The van der Waals surface area contributed by atoms with Crippen LogP contribution in [0.4, 0.5) is 0 Å². The highest BCUT2D eigenvalue weighted by molar-refractivity contribution is 7.90. The van der Waals surface area contributed by atoms with Gasteiger partial charge >= 0.3 is 0 Å². The Hall–Kier alpha value is -2.25. The van der Waals surface area contributed by atoms with Crippen LogP contribution in [-0.4, -0.2) is 25.7 Å². The molecule has 28 heavy (non-hydrogen) atoms. The normalized spacial score (nSPS) is 15.2. The number of Topliss-reactive ketones (excluding diaryl/α,β-unsaturated/α-hetero) is 1. The minimum atomic E-state index is -4.07. The highest BCUT2D eigenvalue weighted by Gasteiger charge is 2.19. The Bertz CT molecular complexity index is 1130. The maximum Gasteiger partial charge on any atom is 0.284 e. The Balaban J connectivity index is 2.14. The van der Waals surface area contributed by atoms with Gasteiger partial charge in [0.1, 0.15) is 0 Å². The highest BCUT2D eigenvalue weighted by Crippen LogP contribution is 2.21. The van der Waals surface area contributed by atoms with E-state index in [9.17, 15) is 13.2 Å². The molecular formula is C19H11Cl3N2O3S. The molecule has 0 heterocycles. The van der Waals surface area contributed by atoms with Crippen molar-refractivity contribution >= 4 is 62.2 Å². The number of ketones is 1. The van der Waals surface area contributed by atoms with E-state index in [-0.39, 0.29) is 26.5 Å². The molecule has 0 aromatic heterocycles. The van der Waals surface area contributed by atoms with E-state index < -0.39 is 15.8 Å². The number of hydrogen-bond donors (Lipinski definition) is 0. The lowest BCUT2D eigenvalue weighted by molar-refractivity contribution is -0.111. The molecule has 1 aliphatic rings. The van der Waals surface area contributed by atoms with Gasteiger partial charge in [0.05, 0.1) is 20.7 Å². The maximum absolute atomic E-state index is 12.7. The van der Waals surface area contributed by atoms with Crippen LogP contribution in [0.25, 0.3) is 0 Å². The lowest BCUT2D eigenvalue weighted by Crippen LogP contribution is -2.11. The quantitative estimate of drug-likeness (QED) is 0.382. The average molecular weight is 454 g/mol. The molecule has 0 saturated carbocycles. The summed E-state index contributed by atoms with van der Waals surface area (Å²) in [5, 5.41) is 0.149. The minimum absolute atomic E-state index is 0.0356. The standard InChI is InChI=1S/C19H11Cl3N2O3S/c20-13-6-8-15(9-7-13)28(26,27)24-19(12-4-2-1-3-5-12)23-14-10-16(21)18(25)17(22)11-14/h1-11H/b24-19+. The second-order valence-corrected chi connectivity index (χ2v) is 8.42. The summed E-state index contributed by atoms with van der Waals surface area (Å²) in [4.78, 5) is 15.9. The molecular weight excluding hydrogens is 443 g/mol. The van der Waals surface area contributed by atoms with Gasteiger partial charge in [0, 0.05) is 10.6 Å². The molecule has 0 saturated heterocycles. The molecule has 0 bridgehead atoms. The van der Waals surface area contributed by atoms with E-state index in [0.717, 1.165) is 0 Å². The predicted octanol–water partition coefficient (Wildman–Crippen LogP) is 4.74. The van der Waals surface area contributed by atoms with Crippen molar-refractivity contribution in [1.29, 1.82) is 0 Å². The summed E-state index contributed by atoms with van der Waals surface area (Å²) in [6.45, 7) is 0. The van der Waals surface area contributed by atoms with Crippen LogP contribution in [0, 0.1) is 0 Å². The van der Waals surface area contributed by atoms with Crippen molar-refractivity contribution in [3.05, 3.63) is 87.4 Å². The fraction of sp³-hybridized carbons (Fsp3) is 0. The number of allylic oxidation sites excluding steroid dienone is 4. The lowest BCUT2D eigenvalue weighted by Gasteiger charge is -2.08. The molecule has 0 aliphatic heterocycles. The number of nitrogens with zero attached hydrogens (tertiary/aromatic N) is 2.